The molecule has 1 unspecified atom stereocenters. The number of rotatable bonds is 2. The van der Waals surface area contributed by atoms with E-state index in [0.29, 0.717) is 16.3 Å². The second-order valence-corrected chi connectivity index (χ2v) is 5.34. The molecule has 17 heavy (non-hydrogen) atoms. The second-order valence-electron chi connectivity index (χ2n) is 4.62. The van der Waals surface area contributed by atoms with Gasteiger partial charge in [-0.25, -0.2) is 0 Å². The number of piperidine rings is 1. The number of hydrogen-bond acceptors (Lipinski definition) is 3. The minimum Gasteiger partial charge on any atom is -0.457 e. The van der Waals surface area contributed by atoms with Gasteiger partial charge in [-0.15, -0.1) is 0 Å². The molecular weight excluding hydrogens is 284 g/mol. The predicted molar refractivity (Wildman–Crippen MR) is 69.0 cm³/mol. The van der Waals surface area contributed by atoms with Crippen molar-refractivity contribution < 1.29 is 9.21 Å². The maximum atomic E-state index is 12.3. The third kappa shape index (κ3) is 2.72. The maximum absolute atomic E-state index is 12.3. The van der Waals surface area contributed by atoms with Crippen LogP contribution >= 0.6 is 15.9 Å². The zero-order valence-electron chi connectivity index (χ0n) is 10.1. The van der Waals surface area contributed by atoms with E-state index in [2.05, 4.69) is 34.9 Å². The number of carbonyl (C=O) groups is 1. The number of amides is 1. The summed E-state index contributed by atoms with van der Waals surface area (Å²) in [5.74, 6) is 0.0529. The molecule has 0 saturated carbocycles. The minimum atomic E-state index is 0.0529. The van der Waals surface area contributed by atoms with Crippen LogP contribution in [0, 0.1) is 0 Å². The predicted octanol–water partition coefficient (Wildman–Crippen LogP) is 2.21. The zero-order valence-corrected chi connectivity index (χ0v) is 11.7. The molecule has 0 spiro atoms. The smallest absolute Gasteiger partial charge is 0.258 e. The Kier molecular flexibility index (Phi) is 3.89. The van der Waals surface area contributed by atoms with Crippen molar-refractivity contribution >= 4 is 21.8 Å². The van der Waals surface area contributed by atoms with Crippen molar-refractivity contribution in [3.63, 3.8) is 0 Å². The summed E-state index contributed by atoms with van der Waals surface area (Å²) < 4.78 is 5.63. The summed E-state index contributed by atoms with van der Waals surface area (Å²) in [5, 5.41) is 0. The SMILES string of the molecule is CN(C)C1CCCN(C(=O)c2ccoc2Br)C1. The number of likely N-dealkylation sites (N-methyl/N-ethyl adjacent to an activating group) is 1. The Labute approximate surface area is 110 Å². The van der Waals surface area contributed by atoms with Gasteiger partial charge in [-0.3, -0.25) is 4.79 Å². The molecule has 0 aliphatic carbocycles. The fourth-order valence-electron chi connectivity index (χ4n) is 2.18. The van der Waals surface area contributed by atoms with E-state index in [1.807, 2.05) is 4.90 Å². The molecule has 1 aliphatic heterocycles. The summed E-state index contributed by atoms with van der Waals surface area (Å²) >= 11 is 3.25. The van der Waals surface area contributed by atoms with E-state index in [1.54, 1.807) is 6.07 Å². The highest BCUT2D eigenvalue weighted by Gasteiger charge is 2.27. The normalized spacial score (nSPS) is 20.9. The summed E-state index contributed by atoms with van der Waals surface area (Å²) in [5.41, 5.74) is 0.615. The van der Waals surface area contributed by atoms with Gasteiger partial charge < -0.3 is 14.2 Å². The van der Waals surface area contributed by atoms with Crippen molar-refractivity contribution in [3.8, 4) is 0 Å². The number of likely N-dealkylation sites (tertiary alicyclic amines) is 1. The Hall–Kier alpha value is -0.810. The Morgan fingerprint density at radius 3 is 2.94 bits per heavy atom. The van der Waals surface area contributed by atoms with Crippen molar-refractivity contribution in [3.05, 3.63) is 22.6 Å². The fraction of sp³-hybridized carbons (Fsp3) is 0.583. The van der Waals surface area contributed by atoms with Crippen molar-refractivity contribution in [2.45, 2.75) is 18.9 Å². The van der Waals surface area contributed by atoms with E-state index in [0.717, 1.165) is 25.9 Å². The quantitative estimate of drug-likeness (QED) is 0.840. The molecule has 2 heterocycles. The van der Waals surface area contributed by atoms with Crippen LogP contribution in [0.3, 0.4) is 0 Å². The molecule has 4 nitrogen and oxygen atoms in total. The van der Waals surface area contributed by atoms with Crippen molar-refractivity contribution in [1.29, 1.82) is 0 Å². The lowest BCUT2D eigenvalue weighted by Gasteiger charge is -2.36. The number of furan rings is 1. The highest BCUT2D eigenvalue weighted by Crippen LogP contribution is 2.22. The molecule has 94 valence electrons. The molecule has 1 saturated heterocycles. The Morgan fingerprint density at radius 2 is 2.35 bits per heavy atom. The summed E-state index contributed by atoms with van der Waals surface area (Å²) in [4.78, 5) is 16.4. The van der Waals surface area contributed by atoms with E-state index in [1.165, 1.54) is 6.26 Å². The van der Waals surface area contributed by atoms with Gasteiger partial charge >= 0.3 is 0 Å². The monoisotopic (exact) mass is 300 g/mol. The third-order valence-electron chi connectivity index (χ3n) is 3.26. The van der Waals surface area contributed by atoms with E-state index in [9.17, 15) is 4.79 Å². The van der Waals surface area contributed by atoms with Crippen LogP contribution in [-0.4, -0.2) is 48.9 Å². The summed E-state index contributed by atoms with van der Waals surface area (Å²) in [6.07, 6.45) is 3.75. The van der Waals surface area contributed by atoms with Crippen molar-refractivity contribution in [2.24, 2.45) is 0 Å². The summed E-state index contributed by atoms with van der Waals surface area (Å²) in [7, 11) is 4.12. The lowest BCUT2D eigenvalue weighted by molar-refractivity contribution is 0.0633. The molecule has 5 heteroatoms. The topological polar surface area (TPSA) is 36.7 Å². The summed E-state index contributed by atoms with van der Waals surface area (Å²) in [6.45, 7) is 1.63. The van der Waals surface area contributed by atoms with Crippen LogP contribution in [0.2, 0.25) is 0 Å². The van der Waals surface area contributed by atoms with Crippen LogP contribution in [0.15, 0.2) is 21.4 Å². The number of carbonyl (C=O) groups excluding carboxylic acids is 1. The highest BCUT2D eigenvalue weighted by atomic mass is 79.9. The molecule has 1 atom stereocenters. The number of hydrogen-bond donors (Lipinski definition) is 0. The van der Waals surface area contributed by atoms with Crippen LogP contribution in [0.25, 0.3) is 0 Å². The Balaban J connectivity index is 2.07. The molecule has 1 aromatic heterocycles. The van der Waals surface area contributed by atoms with Gasteiger partial charge in [0.15, 0.2) is 4.67 Å². The van der Waals surface area contributed by atoms with Crippen molar-refractivity contribution in [2.75, 3.05) is 27.2 Å². The van der Waals surface area contributed by atoms with Crippen LogP contribution in [0.1, 0.15) is 23.2 Å². The van der Waals surface area contributed by atoms with Crippen molar-refractivity contribution in [1.82, 2.24) is 9.80 Å². The number of nitrogens with zero attached hydrogens (tertiary/aromatic N) is 2. The minimum absolute atomic E-state index is 0.0529. The lowest BCUT2D eigenvalue weighted by Crippen LogP contribution is -2.47. The molecule has 1 aromatic rings. The Bertz CT molecular complexity index is 403. The van der Waals surface area contributed by atoms with Gasteiger partial charge in [-0.1, -0.05) is 0 Å². The summed E-state index contributed by atoms with van der Waals surface area (Å²) in [6, 6.07) is 2.17. The maximum Gasteiger partial charge on any atom is 0.258 e. The lowest BCUT2D eigenvalue weighted by atomic mass is 10.0. The second kappa shape index (κ2) is 5.23. The first-order chi connectivity index (χ1) is 8.09. The molecule has 0 N–H and O–H groups in total. The van der Waals surface area contributed by atoms with Gasteiger partial charge in [0.05, 0.1) is 11.8 Å². The van der Waals surface area contributed by atoms with E-state index < -0.39 is 0 Å². The molecule has 1 fully saturated rings. The highest BCUT2D eigenvalue weighted by molar-refractivity contribution is 9.10. The van der Waals surface area contributed by atoms with Crippen LogP contribution in [0.4, 0.5) is 0 Å². The zero-order chi connectivity index (χ0) is 12.4. The van der Waals surface area contributed by atoms with E-state index in [-0.39, 0.29) is 5.91 Å². The molecule has 1 amide bonds. The van der Waals surface area contributed by atoms with Gasteiger partial charge in [0.1, 0.15) is 0 Å². The first-order valence-corrected chi connectivity index (χ1v) is 6.57. The van der Waals surface area contributed by atoms with E-state index in [4.69, 9.17) is 4.42 Å². The van der Waals surface area contributed by atoms with Gasteiger partial charge in [-0.2, -0.15) is 0 Å². The van der Waals surface area contributed by atoms with Crippen LogP contribution in [0.5, 0.6) is 0 Å². The number of halogens is 1. The fourth-order valence-corrected chi connectivity index (χ4v) is 2.59. The average Bonchev–Trinajstić information content (AvgIpc) is 2.74. The van der Waals surface area contributed by atoms with Crippen LogP contribution in [-0.2, 0) is 0 Å². The van der Waals surface area contributed by atoms with E-state index >= 15 is 0 Å². The largest absolute Gasteiger partial charge is 0.457 e. The first kappa shape index (κ1) is 12.6. The third-order valence-corrected chi connectivity index (χ3v) is 3.88. The Morgan fingerprint density at radius 1 is 1.59 bits per heavy atom. The standard InChI is InChI=1S/C12H17BrN2O2/c1-14(2)9-4-3-6-15(8-9)12(16)10-5-7-17-11(10)13/h5,7,9H,3-4,6,8H2,1-2H3. The average molecular weight is 301 g/mol. The molecule has 0 bridgehead atoms. The van der Waals surface area contributed by atoms with Gasteiger partial charge in [0.25, 0.3) is 5.91 Å². The van der Waals surface area contributed by atoms with Gasteiger partial charge in [0, 0.05) is 19.1 Å². The molecule has 0 radical (unpaired) electrons. The molecule has 0 aromatic carbocycles. The molecule has 2 rings (SSSR count). The van der Waals surface area contributed by atoms with Gasteiger partial charge in [-0.05, 0) is 48.9 Å². The van der Waals surface area contributed by atoms with Gasteiger partial charge in [0.2, 0.25) is 0 Å². The van der Waals surface area contributed by atoms with Crippen LogP contribution < -0.4 is 0 Å². The molecular formula is C12H17BrN2O2. The first-order valence-electron chi connectivity index (χ1n) is 5.78. The molecule has 1 aliphatic rings.